The average Bonchev–Trinajstić information content (AvgIpc) is 2.75. The molecule has 0 saturated carbocycles. The molecule has 1 atom stereocenters. The van der Waals surface area contributed by atoms with E-state index in [-0.39, 0.29) is 17.7 Å². The number of halogens is 1. The van der Waals surface area contributed by atoms with Crippen molar-refractivity contribution in [2.75, 3.05) is 19.7 Å². The van der Waals surface area contributed by atoms with E-state index in [1.54, 1.807) is 11.0 Å². The molecule has 1 aliphatic heterocycles. The Balaban J connectivity index is 2.02. The molecule has 0 bridgehead atoms. The number of piperidine rings is 1. The topological polar surface area (TPSA) is 53.7 Å². The lowest BCUT2D eigenvalue weighted by Gasteiger charge is -2.32. The van der Waals surface area contributed by atoms with Gasteiger partial charge in [0, 0.05) is 19.7 Å². The summed E-state index contributed by atoms with van der Waals surface area (Å²) in [7, 11) is 0. The highest BCUT2D eigenvalue weighted by molar-refractivity contribution is 6.32. The van der Waals surface area contributed by atoms with Crippen LogP contribution in [0, 0.1) is 5.92 Å². The van der Waals surface area contributed by atoms with E-state index in [4.69, 9.17) is 21.1 Å². The number of rotatable bonds is 3. The third kappa shape index (κ3) is 2.82. The van der Waals surface area contributed by atoms with Crippen molar-refractivity contribution in [3.63, 3.8) is 0 Å². The lowest BCUT2D eigenvalue weighted by molar-refractivity contribution is 0.0653. The molecule has 1 N–H and O–H groups in total. The number of carbonyl (C=O) groups is 1. The predicted octanol–water partition coefficient (Wildman–Crippen LogP) is 2.17. The number of aliphatic hydroxyl groups excluding tert-OH is 1. The quantitative estimate of drug-likeness (QED) is 0.903. The van der Waals surface area contributed by atoms with Gasteiger partial charge >= 0.3 is 0 Å². The Morgan fingerprint density at radius 2 is 2.47 bits per heavy atom. The molecular weight excluding hydrogens is 242 g/mol. The molecule has 1 aromatic rings. The van der Waals surface area contributed by atoms with Gasteiger partial charge in [0.2, 0.25) is 5.22 Å². The van der Waals surface area contributed by atoms with Gasteiger partial charge < -0.3 is 14.4 Å². The molecule has 0 aromatic carbocycles. The standard InChI is InChI=1S/C12H16ClNO3/c13-11-10(4-7-17-11)12(16)14-5-1-2-9(8-14)3-6-15/h4,7,9,15H,1-3,5-6,8H2. The Morgan fingerprint density at radius 3 is 3.12 bits per heavy atom. The van der Waals surface area contributed by atoms with Crippen LogP contribution in [0.1, 0.15) is 29.6 Å². The summed E-state index contributed by atoms with van der Waals surface area (Å²) in [5.74, 6) is 0.315. The van der Waals surface area contributed by atoms with E-state index in [2.05, 4.69) is 0 Å². The minimum Gasteiger partial charge on any atom is -0.452 e. The van der Waals surface area contributed by atoms with Gasteiger partial charge in [-0.2, -0.15) is 0 Å². The maximum atomic E-state index is 12.2. The summed E-state index contributed by atoms with van der Waals surface area (Å²) in [4.78, 5) is 13.9. The van der Waals surface area contributed by atoms with Gasteiger partial charge in [-0.15, -0.1) is 0 Å². The van der Waals surface area contributed by atoms with Crippen LogP contribution in [0.4, 0.5) is 0 Å². The molecule has 1 saturated heterocycles. The second-order valence-electron chi connectivity index (χ2n) is 4.38. The van der Waals surface area contributed by atoms with Crippen LogP contribution >= 0.6 is 11.6 Å². The minimum absolute atomic E-state index is 0.0774. The number of carbonyl (C=O) groups excluding carboxylic acids is 1. The molecule has 0 radical (unpaired) electrons. The fourth-order valence-corrected chi connectivity index (χ4v) is 2.48. The van der Waals surface area contributed by atoms with Crippen molar-refractivity contribution in [2.24, 2.45) is 5.92 Å². The van der Waals surface area contributed by atoms with E-state index >= 15 is 0 Å². The molecule has 2 rings (SSSR count). The van der Waals surface area contributed by atoms with Crippen LogP contribution in [0.15, 0.2) is 16.7 Å². The molecule has 17 heavy (non-hydrogen) atoms. The van der Waals surface area contributed by atoms with Crippen LogP contribution < -0.4 is 0 Å². The summed E-state index contributed by atoms with van der Waals surface area (Å²) in [5.41, 5.74) is 0.427. The van der Waals surface area contributed by atoms with E-state index < -0.39 is 0 Å². The molecule has 1 unspecified atom stereocenters. The van der Waals surface area contributed by atoms with E-state index in [1.807, 2.05) is 0 Å². The average molecular weight is 258 g/mol. The molecule has 0 aliphatic carbocycles. The molecule has 5 heteroatoms. The Labute approximate surface area is 105 Å². The van der Waals surface area contributed by atoms with E-state index in [0.29, 0.717) is 18.0 Å². The second-order valence-corrected chi connectivity index (χ2v) is 4.72. The van der Waals surface area contributed by atoms with Gasteiger partial charge in [0.05, 0.1) is 11.8 Å². The van der Waals surface area contributed by atoms with Crippen molar-refractivity contribution < 1.29 is 14.3 Å². The van der Waals surface area contributed by atoms with Crippen molar-refractivity contribution in [1.29, 1.82) is 0 Å². The molecule has 2 heterocycles. The van der Waals surface area contributed by atoms with Crippen LogP contribution in [-0.2, 0) is 0 Å². The van der Waals surface area contributed by atoms with Crippen LogP contribution in [0.3, 0.4) is 0 Å². The number of amides is 1. The minimum atomic E-state index is -0.0774. The summed E-state index contributed by atoms with van der Waals surface area (Å²) < 4.78 is 4.93. The number of hydrogen-bond donors (Lipinski definition) is 1. The summed E-state index contributed by atoms with van der Waals surface area (Å²) in [5, 5.41) is 9.08. The summed E-state index contributed by atoms with van der Waals surface area (Å²) in [6.45, 7) is 1.63. The molecular formula is C12H16ClNO3. The molecule has 1 fully saturated rings. The van der Waals surface area contributed by atoms with E-state index in [9.17, 15) is 4.79 Å². The number of aliphatic hydroxyl groups is 1. The SMILES string of the molecule is O=C(c1ccoc1Cl)N1CCCC(CCO)C1. The van der Waals surface area contributed by atoms with Crippen LogP contribution in [0.5, 0.6) is 0 Å². The Morgan fingerprint density at radius 1 is 1.65 bits per heavy atom. The number of hydrogen-bond acceptors (Lipinski definition) is 3. The molecule has 1 aromatic heterocycles. The van der Waals surface area contributed by atoms with E-state index in [0.717, 1.165) is 25.8 Å². The Bertz CT molecular complexity index is 389. The monoisotopic (exact) mass is 257 g/mol. The molecule has 1 aliphatic rings. The zero-order chi connectivity index (χ0) is 12.3. The molecule has 1 amide bonds. The first kappa shape index (κ1) is 12.5. The summed E-state index contributed by atoms with van der Waals surface area (Å²) >= 11 is 5.80. The maximum Gasteiger partial charge on any atom is 0.258 e. The molecule has 94 valence electrons. The third-order valence-corrected chi connectivity index (χ3v) is 3.48. The Kier molecular flexibility index (Phi) is 4.07. The van der Waals surface area contributed by atoms with Crippen LogP contribution in [0.25, 0.3) is 0 Å². The predicted molar refractivity (Wildman–Crippen MR) is 64.0 cm³/mol. The van der Waals surface area contributed by atoms with Gasteiger partial charge in [-0.25, -0.2) is 0 Å². The lowest BCUT2D eigenvalue weighted by Crippen LogP contribution is -2.40. The van der Waals surface area contributed by atoms with Gasteiger partial charge in [-0.05, 0) is 42.8 Å². The fourth-order valence-electron chi connectivity index (χ4n) is 2.28. The second kappa shape index (κ2) is 5.56. The van der Waals surface area contributed by atoms with Crippen molar-refractivity contribution in [3.05, 3.63) is 23.1 Å². The number of furan rings is 1. The zero-order valence-corrected chi connectivity index (χ0v) is 10.3. The highest BCUT2D eigenvalue weighted by Gasteiger charge is 2.26. The first-order chi connectivity index (χ1) is 8.22. The van der Waals surface area contributed by atoms with Gasteiger partial charge in [0.1, 0.15) is 0 Å². The first-order valence-electron chi connectivity index (χ1n) is 5.85. The fraction of sp³-hybridized carbons (Fsp3) is 0.583. The van der Waals surface area contributed by atoms with Crippen LogP contribution in [0.2, 0.25) is 5.22 Å². The van der Waals surface area contributed by atoms with Gasteiger partial charge in [0.25, 0.3) is 5.91 Å². The Hall–Kier alpha value is -1.00. The first-order valence-corrected chi connectivity index (χ1v) is 6.23. The molecule has 4 nitrogen and oxygen atoms in total. The zero-order valence-electron chi connectivity index (χ0n) is 9.56. The molecule has 0 spiro atoms. The van der Waals surface area contributed by atoms with Gasteiger partial charge in [-0.1, -0.05) is 0 Å². The van der Waals surface area contributed by atoms with Crippen molar-refractivity contribution in [3.8, 4) is 0 Å². The maximum absolute atomic E-state index is 12.2. The largest absolute Gasteiger partial charge is 0.452 e. The summed E-state index contributed by atoms with van der Waals surface area (Å²) in [6, 6.07) is 1.60. The number of likely N-dealkylation sites (tertiary alicyclic amines) is 1. The highest BCUT2D eigenvalue weighted by atomic mass is 35.5. The normalized spacial score (nSPS) is 20.6. The lowest BCUT2D eigenvalue weighted by atomic mass is 9.95. The highest BCUT2D eigenvalue weighted by Crippen LogP contribution is 2.24. The van der Waals surface area contributed by atoms with Crippen molar-refractivity contribution in [2.45, 2.75) is 19.3 Å². The number of nitrogens with zero attached hydrogens (tertiary/aromatic N) is 1. The van der Waals surface area contributed by atoms with E-state index in [1.165, 1.54) is 6.26 Å². The van der Waals surface area contributed by atoms with Crippen molar-refractivity contribution in [1.82, 2.24) is 4.90 Å². The van der Waals surface area contributed by atoms with Gasteiger partial charge in [0.15, 0.2) is 0 Å². The smallest absolute Gasteiger partial charge is 0.258 e. The van der Waals surface area contributed by atoms with Gasteiger partial charge in [-0.3, -0.25) is 4.79 Å². The third-order valence-electron chi connectivity index (χ3n) is 3.19. The van der Waals surface area contributed by atoms with Crippen LogP contribution in [-0.4, -0.2) is 35.6 Å². The van der Waals surface area contributed by atoms with Crippen molar-refractivity contribution >= 4 is 17.5 Å². The summed E-state index contributed by atoms with van der Waals surface area (Å²) in [6.07, 6.45) is 4.23.